The second-order valence-corrected chi connectivity index (χ2v) is 2.99. The summed E-state index contributed by atoms with van der Waals surface area (Å²) in [6.07, 6.45) is 0. The molecule has 0 bridgehead atoms. The van der Waals surface area contributed by atoms with Crippen molar-refractivity contribution in [2.24, 2.45) is 0 Å². The molecule has 10 heavy (non-hydrogen) atoms. The molecule has 1 nitrogen and oxygen atoms in total. The van der Waals surface area contributed by atoms with E-state index >= 15 is 0 Å². The average molecular weight is 150 g/mol. The molecule has 0 fully saturated rings. The SMILES string of the molecule is COc1ccccc1[Si]C. The summed E-state index contributed by atoms with van der Waals surface area (Å²) >= 11 is 0. The van der Waals surface area contributed by atoms with Crippen LogP contribution in [0.5, 0.6) is 5.75 Å². The fourth-order valence-corrected chi connectivity index (χ4v) is 1.55. The van der Waals surface area contributed by atoms with E-state index in [0.717, 1.165) is 15.3 Å². The van der Waals surface area contributed by atoms with Crippen LogP contribution in [0.2, 0.25) is 6.55 Å². The maximum Gasteiger partial charge on any atom is 0.117 e. The molecule has 0 saturated heterocycles. The minimum absolute atomic E-state index is 0.811. The standard InChI is InChI=1S/C8H10OSi/c1-9-7-5-3-4-6-8(7)10-2/h3-6H,1-2H3. The lowest BCUT2D eigenvalue weighted by Crippen LogP contribution is -2.12. The minimum atomic E-state index is 0.811. The lowest BCUT2D eigenvalue weighted by Gasteiger charge is -2.03. The highest BCUT2D eigenvalue weighted by atomic mass is 28.2. The maximum absolute atomic E-state index is 5.14. The number of hydrogen-bond acceptors (Lipinski definition) is 1. The molecule has 2 heteroatoms. The third-order valence-corrected chi connectivity index (χ3v) is 2.33. The van der Waals surface area contributed by atoms with Gasteiger partial charge in [-0.15, -0.1) is 0 Å². The fourth-order valence-electron chi connectivity index (χ4n) is 0.851. The zero-order chi connectivity index (χ0) is 7.40. The third-order valence-electron chi connectivity index (χ3n) is 1.38. The van der Waals surface area contributed by atoms with Crippen LogP contribution < -0.4 is 9.92 Å². The van der Waals surface area contributed by atoms with Crippen molar-refractivity contribution in [2.75, 3.05) is 7.11 Å². The highest BCUT2D eigenvalue weighted by Gasteiger charge is 1.96. The first-order valence-corrected chi connectivity index (χ1v) is 4.69. The summed E-state index contributed by atoms with van der Waals surface area (Å²) in [5.74, 6) is 1.00. The summed E-state index contributed by atoms with van der Waals surface area (Å²) in [6, 6.07) is 8.11. The molecule has 52 valence electrons. The maximum atomic E-state index is 5.14. The zero-order valence-corrected chi connectivity index (χ0v) is 7.22. The van der Waals surface area contributed by atoms with E-state index in [4.69, 9.17) is 4.74 Å². The Labute approximate surface area is 63.8 Å². The van der Waals surface area contributed by atoms with Gasteiger partial charge in [0.25, 0.3) is 0 Å². The Bertz CT molecular complexity index is 187. The van der Waals surface area contributed by atoms with E-state index in [9.17, 15) is 0 Å². The van der Waals surface area contributed by atoms with Crippen LogP contribution in [-0.2, 0) is 0 Å². The summed E-state index contributed by atoms with van der Waals surface area (Å²) in [7, 11) is 2.52. The van der Waals surface area contributed by atoms with Gasteiger partial charge in [-0.25, -0.2) is 0 Å². The summed E-state index contributed by atoms with van der Waals surface area (Å²) in [5.41, 5.74) is 0. The molecule has 0 aromatic heterocycles. The van der Waals surface area contributed by atoms with Gasteiger partial charge in [0.2, 0.25) is 0 Å². The Morgan fingerprint density at radius 1 is 1.30 bits per heavy atom. The molecule has 0 aliphatic carbocycles. The van der Waals surface area contributed by atoms with E-state index in [2.05, 4.69) is 12.6 Å². The van der Waals surface area contributed by atoms with Gasteiger partial charge in [0.15, 0.2) is 0 Å². The number of ether oxygens (including phenoxy) is 1. The first-order chi connectivity index (χ1) is 4.88. The van der Waals surface area contributed by atoms with Crippen molar-refractivity contribution in [1.82, 2.24) is 0 Å². The second kappa shape index (κ2) is 3.42. The minimum Gasteiger partial charge on any atom is -0.497 e. The van der Waals surface area contributed by atoms with E-state index in [1.54, 1.807) is 7.11 Å². The number of hydrogen-bond donors (Lipinski definition) is 0. The highest BCUT2D eigenvalue weighted by molar-refractivity contribution is 6.53. The summed E-state index contributed by atoms with van der Waals surface area (Å²) in [4.78, 5) is 0. The van der Waals surface area contributed by atoms with Gasteiger partial charge in [-0.3, -0.25) is 0 Å². The molecule has 0 aliphatic rings. The average Bonchev–Trinajstić information content (AvgIpc) is 2.04. The van der Waals surface area contributed by atoms with Crippen LogP contribution in [0.3, 0.4) is 0 Å². The van der Waals surface area contributed by atoms with Gasteiger partial charge in [0.1, 0.15) is 5.75 Å². The van der Waals surface area contributed by atoms with Crippen LogP contribution in [0.25, 0.3) is 0 Å². The molecule has 0 atom stereocenters. The van der Waals surface area contributed by atoms with Crippen molar-refractivity contribution in [2.45, 2.75) is 6.55 Å². The van der Waals surface area contributed by atoms with E-state index in [-0.39, 0.29) is 0 Å². The Morgan fingerprint density at radius 2 is 2.00 bits per heavy atom. The van der Waals surface area contributed by atoms with Gasteiger partial charge in [0.05, 0.1) is 16.6 Å². The van der Waals surface area contributed by atoms with Crippen molar-refractivity contribution >= 4 is 14.7 Å². The Balaban J connectivity index is 2.96. The fraction of sp³-hybridized carbons (Fsp3) is 0.250. The molecule has 2 radical (unpaired) electrons. The smallest absolute Gasteiger partial charge is 0.117 e. The molecule has 0 spiro atoms. The van der Waals surface area contributed by atoms with Crippen LogP contribution in [0, 0.1) is 0 Å². The van der Waals surface area contributed by atoms with Crippen molar-refractivity contribution in [3.8, 4) is 5.75 Å². The van der Waals surface area contributed by atoms with Crippen molar-refractivity contribution < 1.29 is 4.74 Å². The molecule has 0 saturated carbocycles. The van der Waals surface area contributed by atoms with Gasteiger partial charge in [-0.05, 0) is 11.3 Å². The highest BCUT2D eigenvalue weighted by Crippen LogP contribution is 2.03. The van der Waals surface area contributed by atoms with Gasteiger partial charge in [-0.1, -0.05) is 24.7 Å². The monoisotopic (exact) mass is 150 g/mol. The van der Waals surface area contributed by atoms with Gasteiger partial charge in [0, 0.05) is 0 Å². The molecular formula is C8H10OSi. The summed E-state index contributed by atoms with van der Waals surface area (Å²) in [6.45, 7) is 2.15. The zero-order valence-electron chi connectivity index (χ0n) is 6.22. The normalized spacial score (nSPS) is 9.40. The summed E-state index contributed by atoms with van der Waals surface area (Å²) in [5, 5.41) is 1.30. The molecule has 1 aromatic carbocycles. The molecule has 0 unspecified atom stereocenters. The van der Waals surface area contributed by atoms with Crippen LogP contribution in [-0.4, -0.2) is 16.6 Å². The number of para-hydroxylation sites is 1. The van der Waals surface area contributed by atoms with Crippen LogP contribution in [0.1, 0.15) is 0 Å². The first kappa shape index (κ1) is 7.35. The Hall–Kier alpha value is -0.763. The molecule has 1 aromatic rings. The quantitative estimate of drug-likeness (QED) is 0.573. The number of benzene rings is 1. The summed E-state index contributed by atoms with van der Waals surface area (Å²) < 4.78 is 5.14. The second-order valence-electron chi connectivity index (χ2n) is 1.95. The van der Waals surface area contributed by atoms with E-state index in [1.165, 1.54) is 5.19 Å². The van der Waals surface area contributed by atoms with Crippen LogP contribution in [0.15, 0.2) is 24.3 Å². The van der Waals surface area contributed by atoms with Crippen molar-refractivity contribution in [3.05, 3.63) is 24.3 Å². The topological polar surface area (TPSA) is 9.23 Å². The van der Waals surface area contributed by atoms with Gasteiger partial charge >= 0.3 is 0 Å². The number of methoxy groups -OCH3 is 1. The van der Waals surface area contributed by atoms with Crippen molar-refractivity contribution in [1.29, 1.82) is 0 Å². The number of rotatable bonds is 2. The van der Waals surface area contributed by atoms with E-state index in [1.807, 2.05) is 18.2 Å². The molecule has 0 amide bonds. The molecule has 0 N–H and O–H groups in total. The van der Waals surface area contributed by atoms with Crippen LogP contribution in [0.4, 0.5) is 0 Å². The molecule has 1 rings (SSSR count). The predicted molar refractivity (Wildman–Crippen MR) is 44.2 cm³/mol. The van der Waals surface area contributed by atoms with E-state index in [0.29, 0.717) is 0 Å². The van der Waals surface area contributed by atoms with Crippen LogP contribution >= 0.6 is 0 Å². The lowest BCUT2D eigenvalue weighted by molar-refractivity contribution is 0.418. The van der Waals surface area contributed by atoms with Crippen molar-refractivity contribution in [3.63, 3.8) is 0 Å². The Morgan fingerprint density at radius 3 is 2.50 bits per heavy atom. The molecule has 0 aliphatic heterocycles. The molecular weight excluding hydrogens is 140 g/mol. The lowest BCUT2D eigenvalue weighted by atomic mass is 10.3. The largest absolute Gasteiger partial charge is 0.497 e. The third kappa shape index (κ3) is 1.39. The van der Waals surface area contributed by atoms with E-state index < -0.39 is 0 Å². The van der Waals surface area contributed by atoms with Gasteiger partial charge < -0.3 is 4.74 Å². The Kier molecular flexibility index (Phi) is 2.51. The van der Waals surface area contributed by atoms with Gasteiger partial charge in [-0.2, -0.15) is 0 Å². The molecule has 0 heterocycles. The predicted octanol–water partition coefficient (Wildman–Crippen LogP) is 1.07. The first-order valence-electron chi connectivity index (χ1n) is 3.19.